The third kappa shape index (κ3) is 2.51. The number of nitrogens with one attached hydrogen (secondary N) is 1. The van der Waals surface area contributed by atoms with E-state index in [1.54, 1.807) is 11.8 Å². The molecule has 0 aromatic heterocycles. The van der Waals surface area contributed by atoms with Crippen LogP contribution in [0.3, 0.4) is 0 Å². The summed E-state index contributed by atoms with van der Waals surface area (Å²) in [6, 6.07) is 14.2. The molecule has 29 heavy (non-hydrogen) atoms. The Balaban J connectivity index is 1.46. The molecule has 6 heteroatoms. The zero-order valence-corrected chi connectivity index (χ0v) is 16.4. The van der Waals surface area contributed by atoms with Gasteiger partial charge in [0.1, 0.15) is 11.6 Å². The second kappa shape index (κ2) is 6.44. The van der Waals surface area contributed by atoms with Gasteiger partial charge in [-0.15, -0.1) is 0 Å². The Hall–Kier alpha value is -3.15. The van der Waals surface area contributed by atoms with E-state index in [0.717, 1.165) is 46.5 Å². The highest BCUT2D eigenvalue weighted by molar-refractivity contribution is 6.12. The molecule has 2 heterocycles. The van der Waals surface area contributed by atoms with Crippen molar-refractivity contribution in [2.24, 2.45) is 0 Å². The van der Waals surface area contributed by atoms with E-state index in [1.165, 1.54) is 0 Å². The minimum Gasteiger partial charge on any atom is -0.319 e. The molecule has 4 amide bonds. The molecular weight excluding hydrogens is 366 g/mol. The van der Waals surface area contributed by atoms with E-state index in [2.05, 4.69) is 5.32 Å². The van der Waals surface area contributed by atoms with E-state index in [0.29, 0.717) is 13.0 Å². The standard InChI is InChI=1S/C23H23N3O3/c1-15(20(27)25-14-12-17-8-3-5-11-19(17)25)26-21(28)23(24-22(26)29)13-6-9-16-7-2-4-10-18(16)23/h2-5,7-8,10-11,15H,6,9,12-14H2,1H3,(H,24,29)/t15-,23-/m1/s1. The van der Waals surface area contributed by atoms with Crippen LogP contribution >= 0.6 is 0 Å². The lowest BCUT2D eigenvalue weighted by Crippen LogP contribution is -2.51. The molecule has 2 aromatic carbocycles. The third-order valence-electron chi connectivity index (χ3n) is 6.50. The van der Waals surface area contributed by atoms with Crippen LogP contribution in [0.25, 0.3) is 0 Å². The van der Waals surface area contributed by atoms with E-state index >= 15 is 0 Å². The first kappa shape index (κ1) is 17.9. The normalized spacial score (nSPS) is 23.8. The second-order valence-corrected chi connectivity index (χ2v) is 8.07. The fraction of sp³-hybridized carbons (Fsp3) is 0.348. The van der Waals surface area contributed by atoms with Gasteiger partial charge in [-0.2, -0.15) is 0 Å². The van der Waals surface area contributed by atoms with Gasteiger partial charge in [-0.1, -0.05) is 42.5 Å². The van der Waals surface area contributed by atoms with Gasteiger partial charge in [-0.05, 0) is 55.4 Å². The van der Waals surface area contributed by atoms with Gasteiger partial charge in [-0.3, -0.25) is 9.59 Å². The minimum absolute atomic E-state index is 0.223. The summed E-state index contributed by atoms with van der Waals surface area (Å²) in [4.78, 5) is 42.5. The molecule has 3 aliphatic rings. The molecule has 0 unspecified atom stereocenters. The number of aryl methyl sites for hydroxylation is 1. The van der Waals surface area contributed by atoms with Crippen LogP contribution in [0.5, 0.6) is 0 Å². The lowest BCUT2D eigenvalue weighted by atomic mass is 9.76. The van der Waals surface area contributed by atoms with Crippen LogP contribution in [0.4, 0.5) is 10.5 Å². The number of para-hydroxylation sites is 1. The van der Waals surface area contributed by atoms with Crippen LogP contribution in [0.1, 0.15) is 36.5 Å². The molecule has 0 bridgehead atoms. The zero-order chi connectivity index (χ0) is 20.2. The summed E-state index contributed by atoms with van der Waals surface area (Å²) in [6.45, 7) is 2.22. The van der Waals surface area contributed by atoms with E-state index in [4.69, 9.17) is 0 Å². The number of rotatable bonds is 2. The van der Waals surface area contributed by atoms with Gasteiger partial charge >= 0.3 is 6.03 Å². The van der Waals surface area contributed by atoms with Crippen LogP contribution in [-0.2, 0) is 28.0 Å². The molecular formula is C23H23N3O3. The highest BCUT2D eigenvalue weighted by Crippen LogP contribution is 2.40. The summed E-state index contributed by atoms with van der Waals surface area (Å²) in [6.07, 6.45) is 3.05. The van der Waals surface area contributed by atoms with Crippen molar-refractivity contribution < 1.29 is 14.4 Å². The maximum atomic E-state index is 13.5. The maximum absolute atomic E-state index is 13.5. The Kier molecular flexibility index (Phi) is 3.98. The lowest BCUT2D eigenvalue weighted by molar-refractivity contribution is -0.137. The molecule has 148 valence electrons. The summed E-state index contributed by atoms with van der Waals surface area (Å²) in [5.74, 6) is -0.539. The number of fused-ring (bicyclic) bond motifs is 3. The zero-order valence-electron chi connectivity index (χ0n) is 16.4. The summed E-state index contributed by atoms with van der Waals surface area (Å²) in [5.41, 5.74) is 2.88. The van der Waals surface area contributed by atoms with E-state index in [-0.39, 0.29) is 11.8 Å². The van der Waals surface area contributed by atoms with Crippen molar-refractivity contribution in [3.8, 4) is 0 Å². The molecule has 1 fully saturated rings. The number of hydrogen-bond donors (Lipinski definition) is 1. The Morgan fingerprint density at radius 3 is 2.59 bits per heavy atom. The SMILES string of the molecule is C[C@H](C(=O)N1CCc2ccccc21)N1C(=O)N[C@@]2(CCCc3ccccc32)C1=O. The second-order valence-electron chi connectivity index (χ2n) is 8.07. The number of urea groups is 1. The molecule has 6 nitrogen and oxygen atoms in total. The van der Waals surface area contributed by atoms with E-state index in [9.17, 15) is 14.4 Å². The average molecular weight is 389 g/mol. The Labute approximate surface area is 169 Å². The quantitative estimate of drug-likeness (QED) is 0.803. The first-order chi connectivity index (χ1) is 14.0. The van der Waals surface area contributed by atoms with Crippen LogP contribution < -0.4 is 10.2 Å². The van der Waals surface area contributed by atoms with E-state index in [1.807, 2.05) is 48.5 Å². The molecule has 5 rings (SSSR count). The first-order valence-corrected chi connectivity index (χ1v) is 10.2. The van der Waals surface area contributed by atoms with Crippen molar-refractivity contribution >= 4 is 23.5 Å². The summed E-state index contributed by atoms with van der Waals surface area (Å²) >= 11 is 0. The molecule has 0 radical (unpaired) electrons. The van der Waals surface area contributed by atoms with Crippen molar-refractivity contribution in [2.75, 3.05) is 11.4 Å². The van der Waals surface area contributed by atoms with Crippen LogP contribution in [-0.4, -0.2) is 35.3 Å². The molecule has 1 spiro atoms. The highest BCUT2D eigenvalue weighted by atomic mass is 16.2. The third-order valence-corrected chi connectivity index (χ3v) is 6.50. The predicted octanol–water partition coefficient (Wildman–Crippen LogP) is 2.75. The van der Waals surface area contributed by atoms with Gasteiger partial charge in [0.2, 0.25) is 5.91 Å². The van der Waals surface area contributed by atoms with Gasteiger partial charge in [0, 0.05) is 12.2 Å². The average Bonchev–Trinajstić information content (AvgIpc) is 3.27. The topological polar surface area (TPSA) is 69.7 Å². The van der Waals surface area contributed by atoms with Gasteiger partial charge in [0.05, 0.1) is 0 Å². The number of nitrogens with zero attached hydrogens (tertiary/aromatic N) is 2. The number of carbonyl (C=O) groups is 3. The van der Waals surface area contributed by atoms with Crippen molar-refractivity contribution in [2.45, 2.75) is 44.2 Å². The first-order valence-electron chi connectivity index (χ1n) is 10.2. The van der Waals surface area contributed by atoms with Crippen molar-refractivity contribution in [1.82, 2.24) is 10.2 Å². The molecule has 2 atom stereocenters. The molecule has 1 N–H and O–H groups in total. The molecule has 2 aliphatic heterocycles. The van der Waals surface area contributed by atoms with Gasteiger partial charge in [0.25, 0.3) is 5.91 Å². The number of imide groups is 1. The Morgan fingerprint density at radius 1 is 1.03 bits per heavy atom. The monoisotopic (exact) mass is 389 g/mol. The fourth-order valence-electron chi connectivity index (χ4n) is 5.03. The summed E-state index contributed by atoms with van der Waals surface area (Å²) in [7, 11) is 0. The van der Waals surface area contributed by atoms with Crippen LogP contribution in [0, 0.1) is 0 Å². The fourth-order valence-corrected chi connectivity index (χ4v) is 5.03. The number of anilines is 1. The smallest absolute Gasteiger partial charge is 0.319 e. The largest absolute Gasteiger partial charge is 0.326 e. The number of amides is 4. The van der Waals surface area contributed by atoms with Crippen molar-refractivity contribution in [3.63, 3.8) is 0 Å². The van der Waals surface area contributed by atoms with Gasteiger partial charge in [-0.25, -0.2) is 9.69 Å². The predicted molar refractivity (Wildman–Crippen MR) is 108 cm³/mol. The Bertz CT molecular complexity index is 1030. The van der Waals surface area contributed by atoms with Crippen LogP contribution in [0.2, 0.25) is 0 Å². The van der Waals surface area contributed by atoms with E-state index < -0.39 is 17.6 Å². The van der Waals surface area contributed by atoms with Crippen molar-refractivity contribution in [3.05, 3.63) is 65.2 Å². The number of carbonyl (C=O) groups excluding carboxylic acids is 3. The minimum atomic E-state index is -1.05. The molecule has 2 aromatic rings. The number of hydrogen-bond acceptors (Lipinski definition) is 3. The van der Waals surface area contributed by atoms with Gasteiger partial charge < -0.3 is 10.2 Å². The molecule has 0 saturated carbocycles. The number of benzene rings is 2. The lowest BCUT2D eigenvalue weighted by Gasteiger charge is -2.34. The van der Waals surface area contributed by atoms with Crippen molar-refractivity contribution in [1.29, 1.82) is 0 Å². The molecule has 1 aliphatic carbocycles. The summed E-state index contributed by atoms with van der Waals surface area (Å²) < 4.78 is 0. The maximum Gasteiger partial charge on any atom is 0.326 e. The Morgan fingerprint density at radius 2 is 1.76 bits per heavy atom. The summed E-state index contributed by atoms with van der Waals surface area (Å²) in [5, 5.41) is 2.94. The molecule has 1 saturated heterocycles. The van der Waals surface area contributed by atoms with Crippen LogP contribution in [0.15, 0.2) is 48.5 Å². The van der Waals surface area contributed by atoms with Gasteiger partial charge in [0.15, 0.2) is 0 Å². The highest BCUT2D eigenvalue weighted by Gasteiger charge is 2.56.